The minimum atomic E-state index is 0.758. The third-order valence-corrected chi connectivity index (χ3v) is 9.46. The van der Waals surface area contributed by atoms with E-state index in [1.54, 1.807) is 0 Å². The number of hydrogen-bond donors (Lipinski definition) is 0. The highest BCUT2D eigenvalue weighted by Gasteiger charge is 2.19. The molecule has 132 valence electrons. The smallest absolute Gasteiger partial charge is 0.0903 e. The van der Waals surface area contributed by atoms with Crippen LogP contribution in [0.5, 0.6) is 0 Å². The second-order valence-electron chi connectivity index (χ2n) is 7.14. The van der Waals surface area contributed by atoms with E-state index in [1.165, 1.54) is 52.2 Å². The van der Waals surface area contributed by atoms with Gasteiger partial charge in [-0.15, -0.1) is 0 Å². The molecule has 0 nitrogen and oxygen atoms in total. The Hall–Kier alpha value is -2.20. The average molecular weight is 409 g/mol. The Morgan fingerprint density at radius 3 is 2.11 bits per heavy atom. The van der Waals surface area contributed by atoms with E-state index in [2.05, 4.69) is 84.9 Å². The maximum atomic E-state index is 2.38. The van der Waals surface area contributed by atoms with Crippen LogP contribution in [0.4, 0.5) is 0 Å². The summed E-state index contributed by atoms with van der Waals surface area (Å²) in [6, 6.07) is 31.6. The van der Waals surface area contributed by atoms with Crippen molar-refractivity contribution in [3.05, 3.63) is 96.1 Å². The van der Waals surface area contributed by atoms with Crippen molar-refractivity contribution < 1.29 is 0 Å². The number of benzene rings is 4. The molecule has 0 saturated heterocycles. The second-order valence-corrected chi connectivity index (χ2v) is 10.6. The van der Waals surface area contributed by atoms with Crippen LogP contribution in [0.1, 0.15) is 11.1 Å². The molecular formula is C25H16S2Si. The summed E-state index contributed by atoms with van der Waals surface area (Å²) in [6.45, 7) is 0. The maximum Gasteiger partial charge on any atom is 0.124 e. The molecule has 0 N–H and O–H groups in total. The molecule has 0 aromatic heterocycles. The van der Waals surface area contributed by atoms with Crippen LogP contribution in [0, 0.1) is 0 Å². The minimum Gasteiger partial charge on any atom is -0.0903 e. The van der Waals surface area contributed by atoms with Crippen LogP contribution < -0.4 is 10.4 Å². The van der Waals surface area contributed by atoms with E-state index in [-0.39, 0.29) is 0 Å². The largest absolute Gasteiger partial charge is 0.124 e. The van der Waals surface area contributed by atoms with E-state index in [0.29, 0.717) is 0 Å². The van der Waals surface area contributed by atoms with Gasteiger partial charge >= 0.3 is 0 Å². The first-order valence-corrected chi connectivity index (χ1v) is 12.0. The van der Waals surface area contributed by atoms with Crippen molar-refractivity contribution in [1.82, 2.24) is 0 Å². The highest BCUT2D eigenvalue weighted by Crippen LogP contribution is 2.41. The molecule has 4 aromatic rings. The Labute approximate surface area is 176 Å². The van der Waals surface area contributed by atoms with Crippen LogP contribution in [-0.4, -0.2) is 9.52 Å². The quantitative estimate of drug-likeness (QED) is 0.328. The van der Waals surface area contributed by atoms with E-state index < -0.39 is 0 Å². The van der Waals surface area contributed by atoms with Gasteiger partial charge in [0.25, 0.3) is 0 Å². The van der Waals surface area contributed by atoms with Gasteiger partial charge in [0.1, 0.15) is 9.52 Å². The van der Waals surface area contributed by atoms with Gasteiger partial charge in [-0.05, 0) is 63.3 Å². The van der Waals surface area contributed by atoms with E-state index in [0.717, 1.165) is 15.9 Å². The van der Waals surface area contributed by atoms with Gasteiger partial charge in [-0.1, -0.05) is 84.2 Å². The Morgan fingerprint density at radius 2 is 1.18 bits per heavy atom. The van der Waals surface area contributed by atoms with E-state index in [4.69, 9.17) is 0 Å². The van der Waals surface area contributed by atoms with Crippen LogP contribution in [-0.2, 0) is 6.42 Å². The fraction of sp³-hybridized carbons (Fsp3) is 0.0400. The molecule has 0 unspecified atom stereocenters. The second kappa shape index (κ2) is 6.70. The van der Waals surface area contributed by atoms with Crippen molar-refractivity contribution in [2.24, 2.45) is 0 Å². The summed E-state index contributed by atoms with van der Waals surface area (Å²) in [4.78, 5) is 5.60. The van der Waals surface area contributed by atoms with Gasteiger partial charge in [0.15, 0.2) is 0 Å². The number of rotatable bonds is 1. The maximum absolute atomic E-state index is 2.38. The normalized spacial score (nSPS) is 13.9. The SMILES string of the molecule is c1ccc2c(c1)Cc1ccc(-c3ccc4c(c3)Sc3ccccc3[Si]4)cc1S2. The zero-order chi connectivity index (χ0) is 18.5. The van der Waals surface area contributed by atoms with Crippen molar-refractivity contribution in [1.29, 1.82) is 0 Å². The minimum absolute atomic E-state index is 0.758. The third-order valence-electron chi connectivity index (χ3n) is 5.33. The number of hydrogen-bond acceptors (Lipinski definition) is 2. The van der Waals surface area contributed by atoms with Crippen molar-refractivity contribution in [3.63, 3.8) is 0 Å². The van der Waals surface area contributed by atoms with Gasteiger partial charge in [0, 0.05) is 19.6 Å². The molecule has 2 aliphatic heterocycles. The highest BCUT2D eigenvalue weighted by atomic mass is 32.2. The lowest BCUT2D eigenvalue weighted by molar-refractivity contribution is 1.06. The topological polar surface area (TPSA) is 0 Å². The monoisotopic (exact) mass is 408 g/mol. The molecule has 0 bridgehead atoms. The summed E-state index contributed by atoms with van der Waals surface area (Å²) in [7, 11) is 0.758. The summed E-state index contributed by atoms with van der Waals surface area (Å²) in [5.41, 5.74) is 5.52. The zero-order valence-corrected chi connectivity index (χ0v) is 17.7. The van der Waals surface area contributed by atoms with Gasteiger partial charge in [-0.2, -0.15) is 0 Å². The molecule has 2 radical (unpaired) electrons. The average Bonchev–Trinajstić information content (AvgIpc) is 2.75. The number of fused-ring (bicyclic) bond motifs is 4. The molecule has 2 aliphatic rings. The predicted molar refractivity (Wildman–Crippen MR) is 121 cm³/mol. The fourth-order valence-corrected chi connectivity index (χ4v) is 7.55. The van der Waals surface area contributed by atoms with Crippen molar-refractivity contribution in [2.75, 3.05) is 0 Å². The summed E-state index contributed by atoms with van der Waals surface area (Å²) >= 11 is 3.82. The van der Waals surface area contributed by atoms with Crippen molar-refractivity contribution in [3.8, 4) is 11.1 Å². The lowest BCUT2D eigenvalue weighted by Gasteiger charge is -2.21. The highest BCUT2D eigenvalue weighted by molar-refractivity contribution is 8.00. The molecule has 0 spiro atoms. The first-order valence-electron chi connectivity index (χ1n) is 9.40. The Balaban J connectivity index is 1.36. The Bertz CT molecular complexity index is 1130. The summed E-state index contributed by atoms with van der Waals surface area (Å²) in [6.07, 6.45) is 1.04. The first-order chi connectivity index (χ1) is 13.8. The van der Waals surface area contributed by atoms with E-state index in [9.17, 15) is 0 Å². The molecule has 0 amide bonds. The fourth-order valence-electron chi connectivity index (χ4n) is 3.86. The molecule has 4 aromatic carbocycles. The van der Waals surface area contributed by atoms with E-state index in [1.807, 2.05) is 23.5 Å². The molecule has 6 rings (SSSR count). The van der Waals surface area contributed by atoms with Gasteiger partial charge < -0.3 is 0 Å². The first kappa shape index (κ1) is 16.7. The summed E-state index contributed by atoms with van der Waals surface area (Å²) in [5, 5.41) is 2.94. The van der Waals surface area contributed by atoms with Crippen LogP contribution >= 0.6 is 23.5 Å². The molecule has 0 saturated carbocycles. The zero-order valence-electron chi connectivity index (χ0n) is 15.1. The van der Waals surface area contributed by atoms with Gasteiger partial charge in [0.05, 0.1) is 0 Å². The molecule has 0 fully saturated rings. The van der Waals surface area contributed by atoms with Crippen LogP contribution in [0.2, 0.25) is 0 Å². The molecule has 3 heteroatoms. The molecule has 0 aliphatic carbocycles. The molecule has 0 atom stereocenters. The van der Waals surface area contributed by atoms with Crippen molar-refractivity contribution in [2.45, 2.75) is 26.0 Å². The summed E-state index contributed by atoms with van der Waals surface area (Å²) < 4.78 is 0. The third kappa shape index (κ3) is 2.86. The van der Waals surface area contributed by atoms with Crippen LogP contribution in [0.25, 0.3) is 11.1 Å². The summed E-state index contributed by atoms with van der Waals surface area (Å²) in [5.74, 6) is 0. The van der Waals surface area contributed by atoms with Crippen LogP contribution in [0.15, 0.2) is 105 Å². The van der Waals surface area contributed by atoms with Gasteiger partial charge in [0.2, 0.25) is 0 Å². The lowest BCUT2D eigenvalue weighted by atomic mass is 9.99. The molecular weight excluding hydrogens is 392 g/mol. The van der Waals surface area contributed by atoms with Gasteiger partial charge in [-0.3, -0.25) is 0 Å². The lowest BCUT2D eigenvalue weighted by Crippen LogP contribution is -2.33. The Morgan fingerprint density at radius 1 is 0.536 bits per heavy atom. The van der Waals surface area contributed by atoms with E-state index >= 15 is 0 Å². The standard InChI is InChI=1S/C25H16S2Si/c1-2-6-20-18(5-1)13-19-10-9-16(14-22(19)26-20)17-11-12-25-23(15-17)27-21-7-3-4-8-24(21)28-25/h1-12,14-15H,13H2. The Kier molecular flexibility index (Phi) is 4.00. The van der Waals surface area contributed by atoms with Crippen LogP contribution in [0.3, 0.4) is 0 Å². The van der Waals surface area contributed by atoms with Crippen molar-refractivity contribution >= 4 is 43.4 Å². The predicted octanol–water partition coefficient (Wildman–Crippen LogP) is 5.53. The molecule has 2 heterocycles. The van der Waals surface area contributed by atoms with Gasteiger partial charge in [-0.25, -0.2) is 0 Å². The molecule has 28 heavy (non-hydrogen) atoms.